The second kappa shape index (κ2) is 2.86. The molecule has 1 saturated carbocycles. The molecule has 0 spiro atoms. The van der Waals surface area contributed by atoms with Gasteiger partial charge in [-0.2, -0.15) is 0 Å². The van der Waals surface area contributed by atoms with Gasteiger partial charge < -0.3 is 5.73 Å². The van der Waals surface area contributed by atoms with Crippen LogP contribution in [0.3, 0.4) is 0 Å². The molecule has 1 aliphatic carbocycles. The van der Waals surface area contributed by atoms with E-state index in [1.54, 1.807) is 11.3 Å². The minimum Gasteiger partial charge on any atom is -0.327 e. The van der Waals surface area contributed by atoms with Crippen molar-refractivity contribution in [1.82, 2.24) is 4.98 Å². The highest BCUT2D eigenvalue weighted by atomic mass is 35.5. The van der Waals surface area contributed by atoms with Crippen LogP contribution in [0.1, 0.15) is 17.2 Å². The van der Waals surface area contributed by atoms with E-state index in [0.29, 0.717) is 12.0 Å². The maximum absolute atomic E-state index is 5.64. The van der Waals surface area contributed by atoms with Crippen molar-refractivity contribution in [3.63, 3.8) is 0 Å². The lowest BCUT2D eigenvalue weighted by Crippen LogP contribution is -1.99. The van der Waals surface area contributed by atoms with E-state index in [2.05, 4.69) is 4.98 Å². The summed E-state index contributed by atoms with van der Waals surface area (Å²) in [5, 5.41) is 0. The molecule has 0 unspecified atom stereocenters. The van der Waals surface area contributed by atoms with E-state index in [1.807, 2.05) is 11.7 Å². The average molecular weight is 177 g/mol. The lowest BCUT2D eigenvalue weighted by atomic mass is 10.4. The molecular weight excluding hydrogens is 168 g/mol. The maximum Gasteiger partial charge on any atom is 0.0794 e. The van der Waals surface area contributed by atoms with Crippen LogP contribution < -0.4 is 5.73 Å². The average Bonchev–Trinajstić information content (AvgIpc) is 2.44. The number of hydrogen-bond donors (Lipinski definition) is 1. The number of hydrogen-bond acceptors (Lipinski definition) is 3. The quantitative estimate of drug-likeness (QED) is 0.702. The first kappa shape index (κ1) is 7.98. The van der Waals surface area contributed by atoms with Crippen molar-refractivity contribution in [3.8, 4) is 0 Å². The van der Waals surface area contributed by atoms with Crippen LogP contribution in [-0.4, -0.2) is 11.0 Å². The first-order chi connectivity index (χ1) is 4.38. The van der Waals surface area contributed by atoms with Crippen molar-refractivity contribution >= 4 is 23.7 Å². The van der Waals surface area contributed by atoms with Crippen LogP contribution in [0.5, 0.6) is 0 Å². The topological polar surface area (TPSA) is 38.9 Å². The minimum absolute atomic E-state index is 0. The molecule has 0 radical (unpaired) electrons. The highest BCUT2D eigenvalue weighted by molar-refractivity contribution is 7.09. The third kappa shape index (κ3) is 1.31. The zero-order valence-corrected chi connectivity index (χ0v) is 6.99. The van der Waals surface area contributed by atoms with Gasteiger partial charge in [-0.1, -0.05) is 0 Å². The molecule has 0 aliphatic heterocycles. The van der Waals surface area contributed by atoms with E-state index in [1.165, 1.54) is 4.88 Å². The Morgan fingerprint density at radius 2 is 2.40 bits per heavy atom. The Bertz CT molecular complexity index is 200. The summed E-state index contributed by atoms with van der Waals surface area (Å²) in [4.78, 5) is 5.33. The fraction of sp³-hybridized carbons (Fsp3) is 0.500. The summed E-state index contributed by atoms with van der Waals surface area (Å²) in [7, 11) is 0. The van der Waals surface area contributed by atoms with E-state index in [-0.39, 0.29) is 12.4 Å². The molecule has 0 aromatic carbocycles. The second-order valence-corrected chi connectivity index (χ2v) is 3.33. The normalized spacial score (nSPS) is 29.3. The van der Waals surface area contributed by atoms with Gasteiger partial charge in [-0.15, -0.1) is 23.7 Å². The molecular formula is C6H9ClN2S. The molecule has 1 aromatic rings. The Morgan fingerprint density at radius 3 is 2.80 bits per heavy atom. The lowest BCUT2D eigenvalue weighted by molar-refractivity contribution is 1.00. The van der Waals surface area contributed by atoms with Crippen molar-refractivity contribution in [2.75, 3.05) is 0 Å². The molecule has 4 heteroatoms. The van der Waals surface area contributed by atoms with Crippen LogP contribution in [0.25, 0.3) is 0 Å². The third-order valence-corrected chi connectivity index (χ3v) is 2.56. The number of rotatable bonds is 1. The monoisotopic (exact) mass is 176 g/mol. The molecule has 1 heterocycles. The van der Waals surface area contributed by atoms with Crippen molar-refractivity contribution in [3.05, 3.63) is 16.6 Å². The highest BCUT2D eigenvalue weighted by Gasteiger charge is 2.35. The van der Waals surface area contributed by atoms with Crippen LogP contribution in [0, 0.1) is 0 Å². The van der Waals surface area contributed by atoms with Gasteiger partial charge in [0.15, 0.2) is 0 Å². The van der Waals surface area contributed by atoms with Crippen molar-refractivity contribution in [2.45, 2.75) is 18.4 Å². The second-order valence-electron chi connectivity index (χ2n) is 2.41. The van der Waals surface area contributed by atoms with Gasteiger partial charge in [0.2, 0.25) is 0 Å². The molecule has 2 rings (SSSR count). The molecule has 0 amide bonds. The standard InChI is InChI=1S/C6H8N2S.ClH/c7-5-1-4(5)6-2-8-3-9-6;/h2-5H,1,7H2;1H/t4-,5-;/m1./s1. The summed E-state index contributed by atoms with van der Waals surface area (Å²) in [5.74, 6) is 0.637. The van der Waals surface area contributed by atoms with E-state index < -0.39 is 0 Å². The minimum atomic E-state index is 0. The molecule has 0 saturated heterocycles. The fourth-order valence-corrected chi connectivity index (χ4v) is 1.76. The van der Waals surface area contributed by atoms with Gasteiger partial charge in [0.1, 0.15) is 0 Å². The summed E-state index contributed by atoms with van der Waals surface area (Å²) in [6, 6.07) is 0.422. The van der Waals surface area contributed by atoms with Crippen molar-refractivity contribution < 1.29 is 0 Å². The predicted molar refractivity (Wildman–Crippen MR) is 44.7 cm³/mol. The van der Waals surface area contributed by atoms with Gasteiger partial charge in [-0.3, -0.25) is 4.98 Å². The van der Waals surface area contributed by atoms with Gasteiger partial charge in [0.05, 0.1) is 5.51 Å². The maximum atomic E-state index is 5.64. The Balaban J connectivity index is 0.000000500. The third-order valence-electron chi connectivity index (χ3n) is 1.66. The van der Waals surface area contributed by atoms with E-state index in [0.717, 1.165) is 6.42 Å². The first-order valence-electron chi connectivity index (χ1n) is 3.02. The lowest BCUT2D eigenvalue weighted by Gasteiger charge is -1.84. The van der Waals surface area contributed by atoms with Crippen LogP contribution in [0.2, 0.25) is 0 Å². The summed E-state index contributed by atoms with van der Waals surface area (Å²) < 4.78 is 0. The number of nitrogens with two attached hydrogens (primary N) is 1. The van der Waals surface area contributed by atoms with Gasteiger partial charge in [0, 0.05) is 23.0 Å². The van der Waals surface area contributed by atoms with Crippen molar-refractivity contribution in [1.29, 1.82) is 0 Å². The van der Waals surface area contributed by atoms with E-state index in [9.17, 15) is 0 Å². The summed E-state index contributed by atoms with van der Waals surface area (Å²) in [6.45, 7) is 0. The fourth-order valence-electron chi connectivity index (χ4n) is 0.951. The summed E-state index contributed by atoms with van der Waals surface area (Å²) >= 11 is 1.71. The molecule has 2 atom stereocenters. The molecule has 2 N–H and O–H groups in total. The summed E-state index contributed by atoms with van der Waals surface area (Å²) in [6.07, 6.45) is 3.07. The molecule has 1 aliphatic rings. The molecule has 0 bridgehead atoms. The van der Waals surface area contributed by atoms with Crippen LogP contribution >= 0.6 is 23.7 Å². The Labute approximate surface area is 69.9 Å². The Hall–Kier alpha value is -0.120. The molecule has 56 valence electrons. The first-order valence-corrected chi connectivity index (χ1v) is 3.90. The highest BCUT2D eigenvalue weighted by Crippen LogP contribution is 2.40. The van der Waals surface area contributed by atoms with E-state index >= 15 is 0 Å². The zero-order valence-electron chi connectivity index (χ0n) is 5.36. The smallest absolute Gasteiger partial charge is 0.0794 e. The molecule has 10 heavy (non-hydrogen) atoms. The summed E-state index contributed by atoms with van der Waals surface area (Å²) in [5.41, 5.74) is 7.50. The molecule has 2 nitrogen and oxygen atoms in total. The van der Waals surface area contributed by atoms with Crippen molar-refractivity contribution in [2.24, 2.45) is 5.73 Å². The largest absolute Gasteiger partial charge is 0.327 e. The number of aromatic nitrogens is 1. The van der Waals surface area contributed by atoms with Gasteiger partial charge in [-0.25, -0.2) is 0 Å². The van der Waals surface area contributed by atoms with Gasteiger partial charge in [0.25, 0.3) is 0 Å². The Morgan fingerprint density at radius 1 is 1.70 bits per heavy atom. The zero-order chi connectivity index (χ0) is 6.27. The van der Waals surface area contributed by atoms with Gasteiger partial charge in [-0.05, 0) is 6.42 Å². The SMILES string of the molecule is Cl.N[C@@H]1C[C@H]1c1cncs1. The van der Waals surface area contributed by atoms with Crippen LogP contribution in [0.15, 0.2) is 11.7 Å². The number of nitrogens with zero attached hydrogens (tertiary/aromatic N) is 1. The predicted octanol–water partition coefficient (Wildman–Crippen LogP) is 1.38. The van der Waals surface area contributed by atoms with Gasteiger partial charge >= 0.3 is 0 Å². The molecule has 1 aromatic heterocycles. The molecule has 1 fully saturated rings. The van der Waals surface area contributed by atoms with Crippen LogP contribution in [-0.2, 0) is 0 Å². The van der Waals surface area contributed by atoms with E-state index in [4.69, 9.17) is 5.73 Å². The number of halogens is 1. The van der Waals surface area contributed by atoms with Crippen LogP contribution in [0.4, 0.5) is 0 Å². The Kier molecular flexibility index (Phi) is 2.28. The number of thiazole rings is 1.